The number of amides is 1. The largest absolute Gasteiger partial charge is 0.480 e. The minimum Gasteiger partial charge on any atom is -0.480 e. The van der Waals surface area contributed by atoms with Gasteiger partial charge in [0.15, 0.2) is 0 Å². The fourth-order valence-electron chi connectivity index (χ4n) is 1.73. The molecule has 0 spiro atoms. The van der Waals surface area contributed by atoms with Gasteiger partial charge in [-0.2, -0.15) is 0 Å². The Kier molecular flexibility index (Phi) is 3.37. The lowest BCUT2D eigenvalue weighted by atomic mass is 10.0. The second-order valence-corrected chi connectivity index (χ2v) is 4.49. The third-order valence-electron chi connectivity index (χ3n) is 2.33. The van der Waals surface area contributed by atoms with Crippen LogP contribution in [0.1, 0.15) is 20.3 Å². The van der Waals surface area contributed by atoms with Gasteiger partial charge in [0.2, 0.25) is 5.91 Å². The fourth-order valence-corrected chi connectivity index (χ4v) is 2.01. The summed E-state index contributed by atoms with van der Waals surface area (Å²) in [6.45, 7) is 3.91. The average molecular weight is 220 g/mol. The Morgan fingerprint density at radius 1 is 1.64 bits per heavy atom. The molecule has 1 rings (SSSR count). The molecule has 0 radical (unpaired) electrons. The summed E-state index contributed by atoms with van der Waals surface area (Å²) >= 11 is 5.80. The lowest BCUT2D eigenvalue weighted by molar-refractivity contribution is -0.150. The van der Waals surface area contributed by atoms with Gasteiger partial charge in [-0.3, -0.25) is 4.79 Å². The highest BCUT2D eigenvalue weighted by Gasteiger charge is 2.38. The molecule has 0 aromatic heterocycles. The molecule has 1 N–H and O–H groups in total. The second-order valence-electron chi connectivity index (χ2n) is 3.87. The summed E-state index contributed by atoms with van der Waals surface area (Å²) in [7, 11) is 0. The topological polar surface area (TPSA) is 57.6 Å². The van der Waals surface area contributed by atoms with Crippen molar-refractivity contribution in [3.8, 4) is 0 Å². The monoisotopic (exact) mass is 219 g/mol. The number of halogens is 1. The molecule has 1 aliphatic heterocycles. The zero-order chi connectivity index (χ0) is 10.9. The van der Waals surface area contributed by atoms with Crippen LogP contribution in [0.15, 0.2) is 0 Å². The van der Waals surface area contributed by atoms with Crippen molar-refractivity contribution in [2.24, 2.45) is 5.92 Å². The van der Waals surface area contributed by atoms with Gasteiger partial charge in [-0.05, 0) is 5.92 Å². The number of hydrogen-bond donors (Lipinski definition) is 1. The maximum Gasteiger partial charge on any atom is 0.326 e. The van der Waals surface area contributed by atoms with Crippen LogP contribution in [-0.2, 0) is 9.59 Å². The number of carboxylic acids is 1. The predicted octanol–water partition coefficient (Wildman–Crippen LogP) is 0.935. The number of likely N-dealkylation sites (tertiary alicyclic amines) is 1. The van der Waals surface area contributed by atoms with Crippen LogP contribution in [0, 0.1) is 5.92 Å². The number of carbonyl (C=O) groups excluding carboxylic acids is 1. The summed E-state index contributed by atoms with van der Waals surface area (Å²) in [5, 5.41) is 8.72. The van der Waals surface area contributed by atoms with Gasteiger partial charge >= 0.3 is 5.97 Å². The minimum absolute atomic E-state index is 0.0987. The van der Waals surface area contributed by atoms with Crippen LogP contribution >= 0.6 is 11.6 Å². The van der Waals surface area contributed by atoms with Crippen LogP contribution in [-0.4, -0.2) is 39.8 Å². The van der Waals surface area contributed by atoms with Gasteiger partial charge < -0.3 is 10.0 Å². The van der Waals surface area contributed by atoms with Crippen LogP contribution in [0.4, 0.5) is 0 Å². The van der Waals surface area contributed by atoms with Crippen LogP contribution in [0.25, 0.3) is 0 Å². The van der Waals surface area contributed by atoms with Gasteiger partial charge in [-0.25, -0.2) is 4.79 Å². The Hall–Kier alpha value is -0.770. The van der Waals surface area contributed by atoms with E-state index in [1.165, 1.54) is 4.90 Å². The second kappa shape index (κ2) is 4.17. The molecule has 2 atom stereocenters. The summed E-state index contributed by atoms with van der Waals surface area (Å²) in [6, 6.07) is -0.744. The number of rotatable bonds is 3. The van der Waals surface area contributed by atoms with E-state index in [-0.39, 0.29) is 23.6 Å². The molecule has 1 fully saturated rings. The zero-order valence-electron chi connectivity index (χ0n) is 8.24. The van der Waals surface area contributed by atoms with Crippen molar-refractivity contribution >= 4 is 23.5 Å². The van der Waals surface area contributed by atoms with Crippen molar-refractivity contribution in [1.29, 1.82) is 0 Å². The number of nitrogens with zero attached hydrogens (tertiary/aromatic N) is 1. The van der Waals surface area contributed by atoms with Crippen molar-refractivity contribution in [1.82, 2.24) is 4.90 Å². The first-order valence-corrected chi connectivity index (χ1v) is 5.03. The molecule has 0 aliphatic carbocycles. The van der Waals surface area contributed by atoms with Crippen molar-refractivity contribution in [2.75, 3.05) is 6.54 Å². The van der Waals surface area contributed by atoms with Crippen LogP contribution < -0.4 is 0 Å². The van der Waals surface area contributed by atoms with Gasteiger partial charge in [0.1, 0.15) is 6.04 Å². The third kappa shape index (κ3) is 2.18. The maximum absolute atomic E-state index is 11.4. The number of carbonyl (C=O) groups is 2. The van der Waals surface area contributed by atoms with E-state index in [9.17, 15) is 9.59 Å². The summed E-state index contributed by atoms with van der Waals surface area (Å²) in [5.41, 5.74) is 0. The number of alkyl halides is 1. The number of aliphatic carboxylic acids is 1. The third-order valence-corrected chi connectivity index (χ3v) is 2.62. The molecular formula is C9H14ClNO3. The molecule has 1 heterocycles. The molecule has 80 valence electrons. The lowest BCUT2D eigenvalue weighted by Gasteiger charge is -2.27. The van der Waals surface area contributed by atoms with Gasteiger partial charge in [-0.15, -0.1) is 11.6 Å². The number of hydrogen-bond acceptors (Lipinski definition) is 2. The highest BCUT2D eigenvalue weighted by atomic mass is 35.5. The highest BCUT2D eigenvalue weighted by Crippen LogP contribution is 2.22. The standard InChI is InChI=1S/C9H14ClNO3/c1-5(2)8(9(13)14)11-4-6(10)3-7(11)12/h5-6,8H,3-4H2,1-2H3,(H,13,14)/t6?,8-/m0/s1. The van der Waals surface area contributed by atoms with Gasteiger partial charge in [0, 0.05) is 13.0 Å². The van der Waals surface area contributed by atoms with E-state index in [2.05, 4.69) is 0 Å². The summed E-state index contributed by atoms with van der Waals surface area (Å²) in [6.07, 6.45) is 0.248. The Morgan fingerprint density at radius 3 is 2.50 bits per heavy atom. The minimum atomic E-state index is -0.959. The molecule has 0 aromatic carbocycles. The Labute approximate surface area is 87.8 Å². The SMILES string of the molecule is CC(C)[C@@H](C(=O)O)N1CC(Cl)CC1=O. The Bertz CT molecular complexity index is 254. The predicted molar refractivity (Wildman–Crippen MR) is 52.2 cm³/mol. The molecule has 1 amide bonds. The first-order valence-electron chi connectivity index (χ1n) is 4.59. The Morgan fingerprint density at radius 2 is 2.21 bits per heavy atom. The van der Waals surface area contributed by atoms with E-state index >= 15 is 0 Å². The van der Waals surface area contributed by atoms with Crippen LogP contribution in [0.2, 0.25) is 0 Å². The van der Waals surface area contributed by atoms with Crippen molar-refractivity contribution in [3.05, 3.63) is 0 Å². The van der Waals surface area contributed by atoms with E-state index in [1.807, 2.05) is 0 Å². The Balaban J connectivity index is 2.79. The van der Waals surface area contributed by atoms with Gasteiger partial charge in [0.25, 0.3) is 0 Å². The molecule has 5 heteroatoms. The van der Waals surface area contributed by atoms with Gasteiger partial charge in [0.05, 0.1) is 5.38 Å². The quantitative estimate of drug-likeness (QED) is 0.719. The molecular weight excluding hydrogens is 206 g/mol. The molecule has 4 nitrogen and oxygen atoms in total. The van der Waals surface area contributed by atoms with E-state index in [0.717, 1.165) is 0 Å². The van der Waals surface area contributed by atoms with Crippen LogP contribution in [0.5, 0.6) is 0 Å². The summed E-state index contributed by atoms with van der Waals surface area (Å²) < 4.78 is 0. The van der Waals surface area contributed by atoms with Crippen molar-refractivity contribution in [2.45, 2.75) is 31.7 Å². The van der Waals surface area contributed by atoms with Crippen molar-refractivity contribution < 1.29 is 14.7 Å². The van der Waals surface area contributed by atoms with E-state index in [1.54, 1.807) is 13.8 Å². The normalized spacial score (nSPS) is 24.4. The summed E-state index contributed by atoms with van der Waals surface area (Å²) in [4.78, 5) is 23.7. The molecule has 0 saturated carbocycles. The lowest BCUT2D eigenvalue weighted by Crippen LogP contribution is -2.45. The number of carboxylic acid groups (broad SMARTS) is 1. The van der Waals surface area contributed by atoms with E-state index in [0.29, 0.717) is 6.54 Å². The molecule has 1 unspecified atom stereocenters. The molecule has 0 aromatic rings. The first kappa shape index (κ1) is 11.3. The van der Waals surface area contributed by atoms with Gasteiger partial charge in [-0.1, -0.05) is 13.8 Å². The molecule has 1 aliphatic rings. The van der Waals surface area contributed by atoms with E-state index in [4.69, 9.17) is 16.7 Å². The van der Waals surface area contributed by atoms with Crippen LogP contribution in [0.3, 0.4) is 0 Å². The average Bonchev–Trinajstić information content (AvgIpc) is 2.29. The molecule has 1 saturated heterocycles. The molecule has 0 bridgehead atoms. The highest BCUT2D eigenvalue weighted by molar-refractivity contribution is 6.22. The first-order chi connectivity index (χ1) is 6.43. The maximum atomic E-state index is 11.4. The summed E-state index contributed by atoms with van der Waals surface area (Å²) in [5.74, 6) is -1.22. The van der Waals surface area contributed by atoms with E-state index < -0.39 is 12.0 Å². The fraction of sp³-hybridized carbons (Fsp3) is 0.778. The smallest absolute Gasteiger partial charge is 0.326 e. The zero-order valence-corrected chi connectivity index (χ0v) is 8.99. The molecule has 14 heavy (non-hydrogen) atoms. The van der Waals surface area contributed by atoms with Crippen molar-refractivity contribution in [3.63, 3.8) is 0 Å².